The van der Waals surface area contributed by atoms with Gasteiger partial charge in [0.25, 0.3) is 0 Å². The van der Waals surface area contributed by atoms with Gasteiger partial charge in [0.15, 0.2) is 9.84 Å². The summed E-state index contributed by atoms with van der Waals surface area (Å²) in [5.74, 6) is 0.454. The van der Waals surface area contributed by atoms with Crippen LogP contribution in [0.2, 0.25) is 0 Å². The number of hydrogen-bond acceptors (Lipinski definition) is 5. The summed E-state index contributed by atoms with van der Waals surface area (Å²) in [7, 11) is -1.02. The smallest absolute Gasteiger partial charge is 0.152 e. The molecular formula is C11H13N3O2S. The molecule has 1 aromatic heterocycles. The Morgan fingerprint density at radius 1 is 1.53 bits per heavy atom. The maximum atomic E-state index is 11.4. The highest BCUT2D eigenvalue weighted by molar-refractivity contribution is 7.91. The van der Waals surface area contributed by atoms with Gasteiger partial charge in [0, 0.05) is 13.1 Å². The molecular weight excluding hydrogens is 238 g/mol. The quantitative estimate of drug-likeness (QED) is 0.768. The minimum absolute atomic E-state index is 0.00901. The summed E-state index contributed by atoms with van der Waals surface area (Å²) in [4.78, 5) is 5.89. The van der Waals surface area contributed by atoms with Gasteiger partial charge in [-0.25, -0.2) is 13.4 Å². The van der Waals surface area contributed by atoms with Gasteiger partial charge in [-0.15, -0.1) is 0 Å². The maximum Gasteiger partial charge on any atom is 0.152 e. The average molecular weight is 251 g/mol. The molecule has 6 heteroatoms. The van der Waals surface area contributed by atoms with Crippen LogP contribution in [-0.4, -0.2) is 38.0 Å². The van der Waals surface area contributed by atoms with Gasteiger partial charge in [0.2, 0.25) is 0 Å². The molecule has 0 aromatic carbocycles. The summed E-state index contributed by atoms with van der Waals surface area (Å²) in [5, 5.41) is 8.64. The molecule has 0 N–H and O–H groups in total. The Balaban J connectivity index is 2.15. The zero-order chi connectivity index (χ0) is 12.5. The van der Waals surface area contributed by atoms with E-state index in [2.05, 4.69) is 4.98 Å². The van der Waals surface area contributed by atoms with Crippen molar-refractivity contribution in [2.45, 2.75) is 12.5 Å². The lowest BCUT2D eigenvalue weighted by molar-refractivity contribution is 0.601. The molecule has 1 aliphatic rings. The first-order valence-corrected chi connectivity index (χ1v) is 7.13. The molecule has 1 saturated heterocycles. The Kier molecular flexibility index (Phi) is 3.03. The predicted molar refractivity (Wildman–Crippen MR) is 64.4 cm³/mol. The number of nitriles is 1. The van der Waals surface area contributed by atoms with Crippen molar-refractivity contribution in [1.29, 1.82) is 5.26 Å². The number of anilines is 1. The van der Waals surface area contributed by atoms with E-state index >= 15 is 0 Å². The fraction of sp³-hybridized carbons (Fsp3) is 0.455. The molecule has 17 heavy (non-hydrogen) atoms. The molecule has 0 aliphatic carbocycles. The second-order valence-corrected chi connectivity index (χ2v) is 6.41. The van der Waals surface area contributed by atoms with E-state index < -0.39 is 9.84 Å². The van der Waals surface area contributed by atoms with E-state index in [4.69, 9.17) is 5.26 Å². The number of sulfone groups is 1. The summed E-state index contributed by atoms with van der Waals surface area (Å²) >= 11 is 0. The highest BCUT2D eigenvalue weighted by atomic mass is 32.2. The van der Waals surface area contributed by atoms with Crippen molar-refractivity contribution >= 4 is 15.5 Å². The zero-order valence-electron chi connectivity index (χ0n) is 9.50. The molecule has 0 saturated carbocycles. The molecule has 90 valence electrons. The SMILES string of the molecule is CN(c1ccc(C#N)nc1)C1CCS(=O)(=O)C1. The Hall–Kier alpha value is -1.61. The Labute approximate surface area is 101 Å². The molecule has 5 nitrogen and oxygen atoms in total. The van der Waals surface area contributed by atoms with Gasteiger partial charge in [0.05, 0.1) is 23.4 Å². The third-order valence-corrected chi connectivity index (χ3v) is 4.78. The predicted octanol–water partition coefficient (Wildman–Crippen LogP) is 0.577. The first kappa shape index (κ1) is 11.9. The molecule has 0 spiro atoms. The molecule has 1 aromatic rings. The van der Waals surface area contributed by atoms with E-state index in [0.717, 1.165) is 5.69 Å². The van der Waals surface area contributed by atoms with Crippen molar-refractivity contribution in [2.75, 3.05) is 23.5 Å². The Morgan fingerprint density at radius 3 is 2.76 bits per heavy atom. The third kappa shape index (κ3) is 2.56. The average Bonchev–Trinajstić information content (AvgIpc) is 2.69. The van der Waals surface area contributed by atoms with Gasteiger partial charge in [-0.05, 0) is 18.6 Å². The minimum atomic E-state index is -2.88. The Bertz CT molecular complexity index is 545. The fourth-order valence-electron chi connectivity index (χ4n) is 1.95. The zero-order valence-corrected chi connectivity index (χ0v) is 10.3. The van der Waals surface area contributed by atoms with Gasteiger partial charge in [-0.1, -0.05) is 0 Å². The second kappa shape index (κ2) is 4.34. The van der Waals surface area contributed by atoms with Crippen molar-refractivity contribution in [1.82, 2.24) is 4.98 Å². The topological polar surface area (TPSA) is 74.1 Å². The first-order valence-electron chi connectivity index (χ1n) is 5.31. The summed E-state index contributed by atoms with van der Waals surface area (Å²) in [6.07, 6.45) is 2.25. The van der Waals surface area contributed by atoms with E-state index in [0.29, 0.717) is 12.1 Å². The van der Waals surface area contributed by atoms with Crippen LogP contribution in [0.25, 0.3) is 0 Å². The van der Waals surface area contributed by atoms with Crippen LogP contribution in [0.1, 0.15) is 12.1 Å². The lowest BCUT2D eigenvalue weighted by Crippen LogP contribution is -2.32. The first-order chi connectivity index (χ1) is 8.02. The van der Waals surface area contributed by atoms with E-state index in [1.165, 1.54) is 0 Å². The van der Waals surface area contributed by atoms with Crippen LogP contribution in [0.3, 0.4) is 0 Å². The van der Waals surface area contributed by atoms with E-state index in [1.807, 2.05) is 18.0 Å². The largest absolute Gasteiger partial charge is 0.369 e. The van der Waals surface area contributed by atoms with Crippen LogP contribution in [0.5, 0.6) is 0 Å². The minimum Gasteiger partial charge on any atom is -0.369 e. The maximum absolute atomic E-state index is 11.4. The molecule has 0 amide bonds. The lowest BCUT2D eigenvalue weighted by Gasteiger charge is -2.25. The highest BCUT2D eigenvalue weighted by Crippen LogP contribution is 2.22. The Morgan fingerprint density at radius 2 is 2.29 bits per heavy atom. The third-order valence-electron chi connectivity index (χ3n) is 3.03. The van der Waals surface area contributed by atoms with Crippen molar-refractivity contribution in [3.63, 3.8) is 0 Å². The molecule has 1 fully saturated rings. The van der Waals surface area contributed by atoms with Crippen LogP contribution in [0, 0.1) is 11.3 Å². The van der Waals surface area contributed by atoms with Crippen LogP contribution in [0.4, 0.5) is 5.69 Å². The van der Waals surface area contributed by atoms with Crippen LogP contribution in [0.15, 0.2) is 18.3 Å². The molecule has 2 heterocycles. The molecule has 1 aliphatic heterocycles. The standard InChI is InChI=1S/C11H13N3O2S/c1-14(11-4-5-17(15,16)8-11)10-3-2-9(6-12)13-7-10/h2-3,7,11H,4-5,8H2,1H3. The van der Waals surface area contributed by atoms with Gasteiger partial charge in [-0.3, -0.25) is 0 Å². The van der Waals surface area contributed by atoms with Crippen LogP contribution in [-0.2, 0) is 9.84 Å². The normalized spacial score (nSPS) is 22.0. The van der Waals surface area contributed by atoms with Gasteiger partial charge >= 0.3 is 0 Å². The summed E-state index contributed by atoms with van der Waals surface area (Å²) in [6, 6.07) is 5.38. The monoisotopic (exact) mass is 251 g/mol. The van der Waals surface area contributed by atoms with E-state index in [1.54, 1.807) is 18.3 Å². The number of rotatable bonds is 2. The number of aromatic nitrogens is 1. The lowest BCUT2D eigenvalue weighted by atomic mass is 10.2. The van der Waals surface area contributed by atoms with Crippen molar-refractivity contribution < 1.29 is 8.42 Å². The number of hydrogen-bond donors (Lipinski definition) is 0. The molecule has 1 unspecified atom stereocenters. The molecule has 0 bridgehead atoms. The highest BCUT2D eigenvalue weighted by Gasteiger charge is 2.30. The summed E-state index contributed by atoms with van der Waals surface area (Å²) in [5.41, 5.74) is 1.20. The van der Waals surface area contributed by atoms with Gasteiger partial charge in [0.1, 0.15) is 11.8 Å². The van der Waals surface area contributed by atoms with Crippen LogP contribution >= 0.6 is 0 Å². The van der Waals surface area contributed by atoms with Gasteiger partial charge in [-0.2, -0.15) is 5.26 Å². The number of nitrogens with zero attached hydrogens (tertiary/aromatic N) is 3. The van der Waals surface area contributed by atoms with Crippen molar-refractivity contribution in [3.8, 4) is 6.07 Å². The number of pyridine rings is 1. The van der Waals surface area contributed by atoms with E-state index in [-0.39, 0.29) is 17.5 Å². The van der Waals surface area contributed by atoms with Crippen molar-refractivity contribution in [2.24, 2.45) is 0 Å². The molecule has 0 radical (unpaired) electrons. The van der Waals surface area contributed by atoms with Crippen molar-refractivity contribution in [3.05, 3.63) is 24.0 Å². The fourth-order valence-corrected chi connectivity index (χ4v) is 3.73. The van der Waals surface area contributed by atoms with Gasteiger partial charge < -0.3 is 4.90 Å². The second-order valence-electron chi connectivity index (χ2n) is 4.18. The molecule has 2 rings (SSSR count). The van der Waals surface area contributed by atoms with E-state index in [9.17, 15) is 8.42 Å². The summed E-state index contributed by atoms with van der Waals surface area (Å²) < 4.78 is 22.8. The van der Waals surface area contributed by atoms with Crippen LogP contribution < -0.4 is 4.90 Å². The summed E-state index contributed by atoms with van der Waals surface area (Å²) in [6.45, 7) is 0. The molecule has 1 atom stereocenters.